The Balaban J connectivity index is 1.75. The Morgan fingerprint density at radius 1 is 1.23 bits per heavy atom. The van der Waals surface area contributed by atoms with Gasteiger partial charge in [0, 0.05) is 12.5 Å². The standard InChI is InChI=1S/C18H25NO3/c1-12(2)14-6-3-13(4-7-14)5-10-17(20)19-16-9-8-15(11-16)18(21)22/h3-4,6-7,12,15-16H,5,8-11H2,1-2H3,(H,19,20)(H,21,22)/t15-,16+/m0/s1. The summed E-state index contributed by atoms with van der Waals surface area (Å²) < 4.78 is 0. The number of carbonyl (C=O) groups is 2. The van der Waals surface area contributed by atoms with Gasteiger partial charge in [0.25, 0.3) is 0 Å². The van der Waals surface area contributed by atoms with Crippen molar-refractivity contribution in [1.29, 1.82) is 0 Å². The minimum atomic E-state index is -0.748. The third-order valence-electron chi connectivity index (χ3n) is 4.43. The molecule has 1 amide bonds. The molecule has 1 aliphatic rings. The molecule has 0 unspecified atom stereocenters. The lowest BCUT2D eigenvalue weighted by atomic mass is 10.0. The molecule has 0 radical (unpaired) electrons. The van der Waals surface area contributed by atoms with Gasteiger partial charge >= 0.3 is 5.97 Å². The van der Waals surface area contributed by atoms with Crippen LogP contribution in [0.25, 0.3) is 0 Å². The van der Waals surface area contributed by atoms with E-state index in [0.717, 1.165) is 18.4 Å². The number of amides is 1. The van der Waals surface area contributed by atoms with Crippen molar-refractivity contribution in [3.63, 3.8) is 0 Å². The smallest absolute Gasteiger partial charge is 0.306 e. The molecule has 1 aromatic carbocycles. The molecule has 0 aliphatic heterocycles. The molecule has 1 aliphatic carbocycles. The van der Waals surface area contributed by atoms with Gasteiger partial charge in [-0.3, -0.25) is 9.59 Å². The van der Waals surface area contributed by atoms with Crippen LogP contribution in [0.1, 0.15) is 56.6 Å². The molecule has 0 spiro atoms. The first kappa shape index (κ1) is 16.5. The molecule has 1 fully saturated rings. The van der Waals surface area contributed by atoms with Gasteiger partial charge in [0.1, 0.15) is 0 Å². The van der Waals surface area contributed by atoms with Crippen LogP contribution < -0.4 is 5.32 Å². The van der Waals surface area contributed by atoms with Crippen molar-refractivity contribution in [1.82, 2.24) is 5.32 Å². The first-order valence-corrected chi connectivity index (χ1v) is 8.06. The predicted octanol–water partition coefficient (Wildman–Crippen LogP) is 3.11. The van der Waals surface area contributed by atoms with E-state index in [1.807, 2.05) is 0 Å². The molecule has 1 saturated carbocycles. The number of carboxylic acids is 1. The number of hydrogen-bond donors (Lipinski definition) is 2. The third-order valence-corrected chi connectivity index (χ3v) is 4.43. The van der Waals surface area contributed by atoms with E-state index in [1.54, 1.807) is 0 Å². The highest BCUT2D eigenvalue weighted by Crippen LogP contribution is 2.25. The maximum absolute atomic E-state index is 12.0. The predicted molar refractivity (Wildman–Crippen MR) is 85.8 cm³/mol. The van der Waals surface area contributed by atoms with Gasteiger partial charge in [0.15, 0.2) is 0 Å². The van der Waals surface area contributed by atoms with Crippen molar-refractivity contribution in [2.24, 2.45) is 5.92 Å². The van der Waals surface area contributed by atoms with Gasteiger partial charge in [-0.25, -0.2) is 0 Å². The van der Waals surface area contributed by atoms with Crippen LogP contribution >= 0.6 is 0 Å². The lowest BCUT2D eigenvalue weighted by Gasteiger charge is -2.12. The average molecular weight is 303 g/mol. The maximum atomic E-state index is 12.0. The lowest BCUT2D eigenvalue weighted by Crippen LogP contribution is -2.33. The first-order chi connectivity index (χ1) is 10.5. The number of aliphatic carboxylic acids is 1. The van der Waals surface area contributed by atoms with Gasteiger partial charge < -0.3 is 10.4 Å². The molecule has 1 aromatic rings. The second-order valence-electron chi connectivity index (χ2n) is 6.51. The summed E-state index contributed by atoms with van der Waals surface area (Å²) in [6.07, 6.45) is 3.17. The molecule has 120 valence electrons. The number of benzene rings is 1. The third kappa shape index (κ3) is 4.58. The SMILES string of the molecule is CC(C)c1ccc(CCC(=O)N[C@@H]2CC[C@H](C(=O)O)C2)cc1. The Labute approximate surface area is 131 Å². The molecule has 2 atom stereocenters. The number of rotatable bonds is 6. The molecular formula is C18H25NO3. The molecule has 0 saturated heterocycles. The molecule has 2 N–H and O–H groups in total. The van der Waals surface area contributed by atoms with Crippen molar-refractivity contribution in [2.75, 3.05) is 0 Å². The highest BCUT2D eigenvalue weighted by atomic mass is 16.4. The van der Waals surface area contributed by atoms with Crippen LogP contribution in [0.2, 0.25) is 0 Å². The molecule has 2 rings (SSSR count). The number of hydrogen-bond acceptors (Lipinski definition) is 2. The van der Waals surface area contributed by atoms with E-state index in [-0.39, 0.29) is 17.9 Å². The maximum Gasteiger partial charge on any atom is 0.306 e. The summed E-state index contributed by atoms with van der Waals surface area (Å²) in [7, 11) is 0. The van der Waals surface area contributed by atoms with Crippen molar-refractivity contribution < 1.29 is 14.7 Å². The summed E-state index contributed by atoms with van der Waals surface area (Å²) in [5.41, 5.74) is 2.47. The Hall–Kier alpha value is -1.84. The van der Waals surface area contributed by atoms with Crippen molar-refractivity contribution in [2.45, 2.75) is 57.9 Å². The van der Waals surface area contributed by atoms with Crippen LogP contribution in [0, 0.1) is 5.92 Å². The van der Waals surface area contributed by atoms with Crippen molar-refractivity contribution >= 4 is 11.9 Å². The van der Waals surface area contributed by atoms with Crippen LogP contribution in [-0.4, -0.2) is 23.0 Å². The second-order valence-corrected chi connectivity index (χ2v) is 6.51. The summed E-state index contributed by atoms with van der Waals surface area (Å²) in [6.45, 7) is 4.32. The Morgan fingerprint density at radius 2 is 1.91 bits per heavy atom. The largest absolute Gasteiger partial charge is 0.481 e. The molecule has 0 aromatic heterocycles. The summed E-state index contributed by atoms with van der Waals surface area (Å²) in [5, 5.41) is 11.9. The van der Waals surface area contributed by atoms with Crippen LogP contribution in [0.15, 0.2) is 24.3 Å². The van der Waals surface area contributed by atoms with Crippen LogP contribution in [0.3, 0.4) is 0 Å². The van der Waals surface area contributed by atoms with Gasteiger partial charge in [-0.2, -0.15) is 0 Å². The zero-order chi connectivity index (χ0) is 16.1. The van der Waals surface area contributed by atoms with E-state index in [0.29, 0.717) is 25.2 Å². The monoisotopic (exact) mass is 303 g/mol. The fraction of sp³-hybridized carbons (Fsp3) is 0.556. The number of nitrogens with one attached hydrogen (secondary N) is 1. The molecular weight excluding hydrogens is 278 g/mol. The Morgan fingerprint density at radius 3 is 2.45 bits per heavy atom. The van der Waals surface area contributed by atoms with Crippen LogP contribution in [0.5, 0.6) is 0 Å². The van der Waals surface area contributed by atoms with Gasteiger partial charge in [-0.15, -0.1) is 0 Å². The van der Waals surface area contributed by atoms with E-state index < -0.39 is 5.97 Å². The minimum Gasteiger partial charge on any atom is -0.481 e. The summed E-state index contributed by atoms with van der Waals surface area (Å²) in [5.74, 6) is -0.512. The van der Waals surface area contributed by atoms with E-state index in [9.17, 15) is 9.59 Å². The summed E-state index contributed by atoms with van der Waals surface area (Å²) in [6, 6.07) is 8.42. The summed E-state index contributed by atoms with van der Waals surface area (Å²) >= 11 is 0. The van der Waals surface area contributed by atoms with E-state index in [4.69, 9.17) is 5.11 Å². The average Bonchev–Trinajstić information content (AvgIpc) is 2.94. The number of carboxylic acid groups (broad SMARTS) is 1. The molecule has 0 heterocycles. The van der Waals surface area contributed by atoms with E-state index in [2.05, 4.69) is 43.4 Å². The topological polar surface area (TPSA) is 66.4 Å². The van der Waals surface area contributed by atoms with Gasteiger partial charge in [-0.05, 0) is 42.7 Å². The lowest BCUT2D eigenvalue weighted by molar-refractivity contribution is -0.141. The fourth-order valence-electron chi connectivity index (χ4n) is 2.96. The number of aryl methyl sites for hydroxylation is 1. The molecule has 0 bridgehead atoms. The van der Waals surface area contributed by atoms with Crippen LogP contribution in [0.4, 0.5) is 0 Å². The molecule has 4 heteroatoms. The van der Waals surface area contributed by atoms with Crippen molar-refractivity contribution in [3.05, 3.63) is 35.4 Å². The summed E-state index contributed by atoms with van der Waals surface area (Å²) in [4.78, 5) is 22.9. The Bertz CT molecular complexity index is 522. The zero-order valence-corrected chi connectivity index (χ0v) is 13.3. The van der Waals surface area contributed by atoms with Crippen LogP contribution in [-0.2, 0) is 16.0 Å². The number of carbonyl (C=O) groups excluding carboxylic acids is 1. The molecule has 22 heavy (non-hydrogen) atoms. The first-order valence-electron chi connectivity index (χ1n) is 8.06. The van der Waals surface area contributed by atoms with Gasteiger partial charge in [0.05, 0.1) is 5.92 Å². The second kappa shape index (κ2) is 7.43. The van der Waals surface area contributed by atoms with E-state index in [1.165, 1.54) is 5.56 Å². The van der Waals surface area contributed by atoms with E-state index >= 15 is 0 Å². The highest BCUT2D eigenvalue weighted by molar-refractivity contribution is 5.77. The fourth-order valence-corrected chi connectivity index (χ4v) is 2.96. The Kier molecular flexibility index (Phi) is 5.58. The normalized spacial score (nSPS) is 21.0. The highest BCUT2D eigenvalue weighted by Gasteiger charge is 2.30. The quantitative estimate of drug-likeness (QED) is 0.848. The zero-order valence-electron chi connectivity index (χ0n) is 13.3. The molecule has 4 nitrogen and oxygen atoms in total. The van der Waals surface area contributed by atoms with Gasteiger partial charge in [0.2, 0.25) is 5.91 Å². The van der Waals surface area contributed by atoms with Crippen molar-refractivity contribution in [3.8, 4) is 0 Å². The van der Waals surface area contributed by atoms with Gasteiger partial charge in [-0.1, -0.05) is 38.1 Å². The minimum absolute atomic E-state index is 0.0176.